The number of para-hydroxylation sites is 1. The lowest BCUT2D eigenvalue weighted by Gasteiger charge is -2.19. The van der Waals surface area contributed by atoms with Crippen LogP contribution in [0.4, 0.5) is 10.5 Å². The Morgan fingerprint density at radius 2 is 1.72 bits per heavy atom. The number of halogens is 1. The van der Waals surface area contributed by atoms with Crippen molar-refractivity contribution in [1.29, 1.82) is 0 Å². The summed E-state index contributed by atoms with van der Waals surface area (Å²) < 4.78 is 5.60. The fraction of sp³-hybridized carbons (Fsp3) is 0.222. The molecule has 0 aliphatic rings. The lowest BCUT2D eigenvalue weighted by Crippen LogP contribution is -2.37. The molecule has 2 unspecified atom stereocenters. The first-order valence-corrected chi connectivity index (χ1v) is 8.12. The van der Waals surface area contributed by atoms with E-state index in [0.29, 0.717) is 16.5 Å². The monoisotopic (exact) mass is 361 g/mol. The van der Waals surface area contributed by atoms with Crippen molar-refractivity contribution in [2.75, 3.05) is 5.32 Å². The van der Waals surface area contributed by atoms with E-state index < -0.39 is 12.1 Å². The Hall–Kier alpha value is -2.73. The molecule has 0 heterocycles. The number of carbonyl (C=O) groups excluding carboxylic acids is 2. The first-order valence-electron chi connectivity index (χ1n) is 7.75. The summed E-state index contributed by atoms with van der Waals surface area (Å²) in [5, 5.41) is 5.81. The summed E-state index contributed by atoms with van der Waals surface area (Å²) in [6.45, 7) is 3.52. The highest BCUT2D eigenvalue weighted by molar-refractivity contribution is 6.32. The van der Waals surface area contributed by atoms with E-state index >= 15 is 0 Å². The van der Waals surface area contributed by atoms with Crippen molar-refractivity contribution in [3.63, 3.8) is 0 Å². The van der Waals surface area contributed by atoms with Gasteiger partial charge in [-0.15, -0.1) is 0 Å². The van der Waals surface area contributed by atoms with Crippen LogP contribution in [0.2, 0.25) is 5.02 Å². The number of ether oxygens (including phenoxy) is 1. The molecule has 6 nitrogen and oxygen atoms in total. The fourth-order valence-corrected chi connectivity index (χ4v) is 2.38. The second-order valence-electron chi connectivity index (χ2n) is 5.53. The Bertz CT molecular complexity index is 749. The van der Waals surface area contributed by atoms with Gasteiger partial charge in [-0.05, 0) is 43.7 Å². The molecule has 4 N–H and O–H groups in total. The minimum Gasteiger partial charge on any atom is -0.479 e. The van der Waals surface area contributed by atoms with Crippen molar-refractivity contribution < 1.29 is 14.3 Å². The predicted molar refractivity (Wildman–Crippen MR) is 97.7 cm³/mol. The van der Waals surface area contributed by atoms with E-state index in [0.717, 1.165) is 5.56 Å². The Labute approximate surface area is 151 Å². The maximum Gasteiger partial charge on any atom is 0.316 e. The van der Waals surface area contributed by atoms with Crippen LogP contribution in [0.25, 0.3) is 0 Å². The Kier molecular flexibility index (Phi) is 6.25. The number of nitrogens with one attached hydrogen (secondary N) is 2. The molecule has 2 aromatic carbocycles. The number of rotatable bonds is 6. The Morgan fingerprint density at radius 1 is 1.08 bits per heavy atom. The highest BCUT2D eigenvalue weighted by Crippen LogP contribution is 2.24. The van der Waals surface area contributed by atoms with Crippen LogP contribution in [-0.2, 0) is 4.79 Å². The van der Waals surface area contributed by atoms with Crippen LogP contribution in [0, 0.1) is 0 Å². The molecule has 0 aromatic heterocycles. The molecule has 7 heteroatoms. The van der Waals surface area contributed by atoms with E-state index in [2.05, 4.69) is 10.6 Å². The second-order valence-corrected chi connectivity index (χ2v) is 5.94. The molecular weight excluding hydrogens is 342 g/mol. The summed E-state index contributed by atoms with van der Waals surface area (Å²) in [6.07, 6.45) is -0.696. The van der Waals surface area contributed by atoms with Crippen molar-refractivity contribution in [2.24, 2.45) is 5.73 Å². The van der Waals surface area contributed by atoms with E-state index in [1.165, 1.54) is 0 Å². The number of hydrogen-bond donors (Lipinski definition) is 3. The minimum atomic E-state index is -0.696. The van der Waals surface area contributed by atoms with Crippen molar-refractivity contribution in [3.8, 4) is 5.75 Å². The van der Waals surface area contributed by atoms with E-state index in [4.69, 9.17) is 22.1 Å². The highest BCUT2D eigenvalue weighted by Gasteiger charge is 2.18. The summed E-state index contributed by atoms with van der Waals surface area (Å²) in [6, 6.07) is 13.2. The number of anilines is 1. The van der Waals surface area contributed by atoms with Gasteiger partial charge >= 0.3 is 6.03 Å². The number of primary amides is 1. The molecule has 2 aromatic rings. The zero-order chi connectivity index (χ0) is 18.4. The lowest BCUT2D eigenvalue weighted by molar-refractivity contribution is -0.127. The number of amides is 3. The third-order valence-corrected chi connectivity index (χ3v) is 3.86. The summed E-state index contributed by atoms with van der Waals surface area (Å²) in [5.41, 5.74) is 6.54. The molecule has 0 spiro atoms. The van der Waals surface area contributed by atoms with Gasteiger partial charge in [-0.1, -0.05) is 35.9 Å². The molecule has 0 aliphatic heterocycles. The highest BCUT2D eigenvalue weighted by atomic mass is 35.5. The van der Waals surface area contributed by atoms with Crippen LogP contribution in [0.3, 0.4) is 0 Å². The molecule has 3 amide bonds. The number of hydrogen-bond acceptors (Lipinski definition) is 3. The molecule has 0 radical (unpaired) electrons. The Balaban J connectivity index is 1.94. The number of benzene rings is 2. The molecule has 0 bridgehead atoms. The zero-order valence-electron chi connectivity index (χ0n) is 14.0. The van der Waals surface area contributed by atoms with Gasteiger partial charge in [-0.2, -0.15) is 0 Å². The van der Waals surface area contributed by atoms with Crippen LogP contribution in [0.5, 0.6) is 5.75 Å². The van der Waals surface area contributed by atoms with Crippen LogP contribution < -0.4 is 21.1 Å². The average molecular weight is 362 g/mol. The van der Waals surface area contributed by atoms with Gasteiger partial charge in [-0.25, -0.2) is 4.79 Å². The van der Waals surface area contributed by atoms with Crippen molar-refractivity contribution in [3.05, 3.63) is 59.1 Å². The molecule has 2 rings (SSSR count). The largest absolute Gasteiger partial charge is 0.479 e. The van der Waals surface area contributed by atoms with Crippen molar-refractivity contribution in [1.82, 2.24) is 5.32 Å². The maximum absolute atomic E-state index is 12.3. The van der Waals surface area contributed by atoms with Crippen LogP contribution >= 0.6 is 11.6 Å². The third kappa shape index (κ3) is 5.39. The average Bonchev–Trinajstić information content (AvgIpc) is 2.56. The molecule has 0 saturated heterocycles. The van der Waals surface area contributed by atoms with Crippen LogP contribution in [-0.4, -0.2) is 18.0 Å². The third-order valence-electron chi connectivity index (χ3n) is 3.55. The van der Waals surface area contributed by atoms with Gasteiger partial charge in [0.25, 0.3) is 5.91 Å². The summed E-state index contributed by atoms with van der Waals surface area (Å²) in [4.78, 5) is 23.1. The number of nitrogens with two attached hydrogens (primary N) is 1. The molecule has 0 aliphatic carbocycles. The van der Waals surface area contributed by atoms with Crippen LogP contribution in [0.15, 0.2) is 48.5 Å². The van der Waals surface area contributed by atoms with E-state index in [-0.39, 0.29) is 11.9 Å². The number of carbonyl (C=O) groups is 2. The van der Waals surface area contributed by atoms with Crippen molar-refractivity contribution in [2.45, 2.75) is 26.0 Å². The normalized spacial score (nSPS) is 12.8. The first-order chi connectivity index (χ1) is 11.9. The number of urea groups is 1. The van der Waals surface area contributed by atoms with E-state index in [1.54, 1.807) is 55.5 Å². The summed E-state index contributed by atoms with van der Waals surface area (Å²) >= 11 is 6.03. The maximum atomic E-state index is 12.3. The summed E-state index contributed by atoms with van der Waals surface area (Å²) in [5.74, 6) is 0.202. The lowest BCUT2D eigenvalue weighted by atomic mass is 10.1. The Morgan fingerprint density at radius 3 is 2.32 bits per heavy atom. The smallest absolute Gasteiger partial charge is 0.316 e. The van der Waals surface area contributed by atoms with Gasteiger partial charge in [0.05, 0.1) is 11.1 Å². The van der Waals surface area contributed by atoms with Crippen molar-refractivity contribution >= 4 is 29.2 Å². The molecular formula is C18H20ClN3O3. The minimum absolute atomic E-state index is 0.229. The van der Waals surface area contributed by atoms with Gasteiger partial charge in [0.2, 0.25) is 0 Å². The van der Waals surface area contributed by atoms with Gasteiger partial charge in [0, 0.05) is 5.69 Å². The SMILES string of the molecule is CC(Oc1ccccc1Cl)C(=O)NC(C)c1ccc(NC(N)=O)cc1. The van der Waals surface area contributed by atoms with Crippen LogP contribution in [0.1, 0.15) is 25.5 Å². The van der Waals surface area contributed by atoms with Gasteiger partial charge in [0.15, 0.2) is 6.10 Å². The predicted octanol–water partition coefficient (Wildman–Crippen LogP) is 3.48. The first kappa shape index (κ1) is 18.6. The van der Waals surface area contributed by atoms with E-state index in [1.807, 2.05) is 6.92 Å². The molecule has 25 heavy (non-hydrogen) atoms. The molecule has 2 atom stereocenters. The van der Waals surface area contributed by atoms with Gasteiger partial charge in [0.1, 0.15) is 5.75 Å². The standard InChI is InChI=1S/C18H20ClN3O3/c1-11(13-7-9-14(10-8-13)22-18(20)24)21-17(23)12(2)25-16-6-4-3-5-15(16)19/h3-12H,1-2H3,(H,21,23)(H3,20,22,24). The summed E-state index contributed by atoms with van der Waals surface area (Å²) in [7, 11) is 0. The fourth-order valence-electron chi connectivity index (χ4n) is 2.20. The quantitative estimate of drug-likeness (QED) is 0.735. The zero-order valence-corrected chi connectivity index (χ0v) is 14.7. The molecule has 132 valence electrons. The topological polar surface area (TPSA) is 93.4 Å². The van der Waals surface area contributed by atoms with E-state index in [9.17, 15) is 9.59 Å². The van der Waals surface area contributed by atoms with Gasteiger partial charge in [-0.3, -0.25) is 4.79 Å². The molecule has 0 fully saturated rings. The van der Waals surface area contributed by atoms with Gasteiger partial charge < -0.3 is 21.1 Å². The molecule has 0 saturated carbocycles. The second kappa shape index (κ2) is 8.39.